The van der Waals surface area contributed by atoms with Crippen molar-refractivity contribution in [1.82, 2.24) is 14.6 Å². The van der Waals surface area contributed by atoms with Gasteiger partial charge in [-0.05, 0) is 37.3 Å². The Hall–Kier alpha value is -2.56. The molecule has 3 aromatic rings. The number of nitrogens with zero attached hydrogens (tertiary/aromatic N) is 3. The number of benzene rings is 1. The van der Waals surface area contributed by atoms with Gasteiger partial charge in [-0.25, -0.2) is 9.50 Å². The summed E-state index contributed by atoms with van der Waals surface area (Å²) in [6.07, 6.45) is 1.91. The molecular weight excluding hydrogens is 242 g/mol. The van der Waals surface area contributed by atoms with E-state index in [0.29, 0.717) is 0 Å². The summed E-state index contributed by atoms with van der Waals surface area (Å²) in [5, 5.41) is 4.55. The minimum Gasteiger partial charge on any atom is -0.454 e. The Bertz CT molecular complexity index is 779. The Labute approximate surface area is 109 Å². The molecule has 5 heteroatoms. The molecule has 0 N–H and O–H groups in total. The summed E-state index contributed by atoms with van der Waals surface area (Å²) in [7, 11) is 0. The van der Waals surface area contributed by atoms with Gasteiger partial charge in [-0.1, -0.05) is 0 Å². The maximum Gasteiger partial charge on any atom is 0.231 e. The lowest BCUT2D eigenvalue weighted by Crippen LogP contribution is -1.93. The molecule has 0 saturated heterocycles. The minimum absolute atomic E-state index is 0.284. The van der Waals surface area contributed by atoms with Crippen molar-refractivity contribution in [2.45, 2.75) is 6.92 Å². The molecule has 1 aromatic carbocycles. The summed E-state index contributed by atoms with van der Waals surface area (Å²) < 4.78 is 12.5. The second-order valence-electron chi connectivity index (χ2n) is 4.47. The van der Waals surface area contributed by atoms with E-state index in [9.17, 15) is 0 Å². The van der Waals surface area contributed by atoms with Gasteiger partial charge in [0.1, 0.15) is 0 Å². The van der Waals surface area contributed by atoms with E-state index in [4.69, 9.17) is 9.47 Å². The average molecular weight is 253 g/mol. The maximum absolute atomic E-state index is 5.38. The zero-order valence-electron chi connectivity index (χ0n) is 10.3. The van der Waals surface area contributed by atoms with Crippen molar-refractivity contribution in [1.29, 1.82) is 0 Å². The van der Waals surface area contributed by atoms with E-state index >= 15 is 0 Å². The molecular formula is C14H11N3O2. The fourth-order valence-electron chi connectivity index (χ4n) is 2.21. The summed E-state index contributed by atoms with van der Waals surface area (Å²) in [6.45, 7) is 2.24. The van der Waals surface area contributed by atoms with E-state index in [2.05, 4.69) is 10.1 Å². The average Bonchev–Trinajstić information content (AvgIpc) is 3.01. The molecule has 0 saturated carbocycles. The van der Waals surface area contributed by atoms with Crippen molar-refractivity contribution in [3.05, 3.63) is 42.2 Å². The quantitative estimate of drug-likeness (QED) is 0.668. The Morgan fingerprint density at radius 3 is 2.95 bits per heavy atom. The first-order chi connectivity index (χ1) is 9.29. The lowest BCUT2D eigenvalue weighted by atomic mass is 10.1. The molecule has 3 heterocycles. The van der Waals surface area contributed by atoms with E-state index in [0.717, 1.165) is 34.1 Å². The summed E-state index contributed by atoms with van der Waals surface area (Å²) in [5.41, 5.74) is 3.68. The predicted octanol–water partition coefficient (Wildman–Crippen LogP) is 2.43. The van der Waals surface area contributed by atoms with Crippen LogP contribution < -0.4 is 9.47 Å². The topological polar surface area (TPSA) is 48.7 Å². The SMILES string of the molecule is Cc1cn2nc(-c3ccc4c(c3)OCO4)ccc2n1. The van der Waals surface area contributed by atoms with E-state index in [-0.39, 0.29) is 6.79 Å². The first kappa shape index (κ1) is 10.4. The molecule has 0 fully saturated rings. The van der Waals surface area contributed by atoms with Gasteiger partial charge in [-0.2, -0.15) is 5.10 Å². The van der Waals surface area contributed by atoms with Crippen LogP contribution in [-0.4, -0.2) is 21.4 Å². The van der Waals surface area contributed by atoms with Gasteiger partial charge < -0.3 is 9.47 Å². The third-order valence-electron chi connectivity index (χ3n) is 3.11. The first-order valence-corrected chi connectivity index (χ1v) is 6.03. The highest BCUT2D eigenvalue weighted by molar-refractivity contribution is 5.65. The number of ether oxygens (including phenoxy) is 2. The van der Waals surface area contributed by atoms with Crippen molar-refractivity contribution in [3.8, 4) is 22.8 Å². The fraction of sp³-hybridized carbons (Fsp3) is 0.143. The molecule has 0 unspecified atom stereocenters. The predicted molar refractivity (Wildman–Crippen MR) is 69.3 cm³/mol. The molecule has 0 bridgehead atoms. The van der Waals surface area contributed by atoms with Gasteiger partial charge in [0.15, 0.2) is 17.1 Å². The number of hydrogen-bond donors (Lipinski definition) is 0. The summed E-state index contributed by atoms with van der Waals surface area (Å²) in [5.74, 6) is 1.55. The van der Waals surface area contributed by atoms with Gasteiger partial charge in [-0.15, -0.1) is 0 Å². The van der Waals surface area contributed by atoms with Crippen LogP contribution in [0.15, 0.2) is 36.5 Å². The van der Waals surface area contributed by atoms with Gasteiger partial charge in [0.2, 0.25) is 6.79 Å². The Kier molecular flexibility index (Phi) is 2.03. The molecule has 0 aliphatic carbocycles. The van der Waals surface area contributed by atoms with Crippen LogP contribution in [0.1, 0.15) is 5.69 Å². The normalized spacial score (nSPS) is 13.1. The van der Waals surface area contributed by atoms with Gasteiger partial charge in [-0.3, -0.25) is 0 Å². The second-order valence-corrected chi connectivity index (χ2v) is 4.47. The smallest absolute Gasteiger partial charge is 0.231 e. The van der Waals surface area contributed by atoms with Crippen LogP contribution in [0, 0.1) is 6.92 Å². The summed E-state index contributed by atoms with van der Waals surface area (Å²) in [4.78, 5) is 4.36. The highest BCUT2D eigenvalue weighted by Crippen LogP contribution is 2.35. The second kappa shape index (κ2) is 3.71. The number of aromatic nitrogens is 3. The van der Waals surface area contributed by atoms with E-state index < -0.39 is 0 Å². The Morgan fingerprint density at radius 1 is 1.11 bits per heavy atom. The van der Waals surface area contributed by atoms with Crippen LogP contribution in [0.5, 0.6) is 11.5 Å². The maximum atomic E-state index is 5.38. The fourth-order valence-corrected chi connectivity index (χ4v) is 2.21. The monoisotopic (exact) mass is 253 g/mol. The minimum atomic E-state index is 0.284. The van der Waals surface area contributed by atoms with E-state index in [1.54, 1.807) is 4.52 Å². The third-order valence-corrected chi connectivity index (χ3v) is 3.11. The van der Waals surface area contributed by atoms with Gasteiger partial charge in [0.05, 0.1) is 17.6 Å². The van der Waals surface area contributed by atoms with Crippen LogP contribution >= 0.6 is 0 Å². The number of imidazole rings is 1. The third kappa shape index (κ3) is 1.62. The van der Waals surface area contributed by atoms with Crippen molar-refractivity contribution >= 4 is 5.65 Å². The Morgan fingerprint density at radius 2 is 2.00 bits per heavy atom. The van der Waals surface area contributed by atoms with Gasteiger partial charge in [0.25, 0.3) is 0 Å². The van der Waals surface area contributed by atoms with Crippen LogP contribution in [0.3, 0.4) is 0 Å². The van der Waals surface area contributed by atoms with Crippen LogP contribution in [0.2, 0.25) is 0 Å². The standard InChI is InChI=1S/C14H11N3O2/c1-9-7-17-14(15-9)5-3-11(16-17)10-2-4-12-13(6-10)19-8-18-12/h2-7H,8H2,1H3. The van der Waals surface area contributed by atoms with Crippen molar-refractivity contribution in [2.75, 3.05) is 6.79 Å². The summed E-state index contributed by atoms with van der Waals surface area (Å²) >= 11 is 0. The van der Waals surface area contributed by atoms with E-state index in [1.165, 1.54) is 0 Å². The van der Waals surface area contributed by atoms with E-state index in [1.807, 2.05) is 43.5 Å². The molecule has 1 aliphatic heterocycles. The zero-order valence-corrected chi connectivity index (χ0v) is 10.3. The molecule has 4 rings (SSSR count). The van der Waals surface area contributed by atoms with Gasteiger partial charge >= 0.3 is 0 Å². The van der Waals surface area contributed by atoms with Crippen LogP contribution in [0.4, 0.5) is 0 Å². The number of aryl methyl sites for hydroxylation is 1. The number of hydrogen-bond acceptors (Lipinski definition) is 4. The molecule has 0 spiro atoms. The zero-order chi connectivity index (χ0) is 12.8. The van der Waals surface area contributed by atoms with Crippen molar-refractivity contribution < 1.29 is 9.47 Å². The lowest BCUT2D eigenvalue weighted by molar-refractivity contribution is 0.174. The highest BCUT2D eigenvalue weighted by Gasteiger charge is 2.14. The van der Waals surface area contributed by atoms with Gasteiger partial charge in [0, 0.05) is 5.56 Å². The number of fused-ring (bicyclic) bond motifs is 2. The molecule has 2 aromatic heterocycles. The molecule has 1 aliphatic rings. The summed E-state index contributed by atoms with van der Waals surface area (Å²) in [6, 6.07) is 9.74. The molecule has 5 nitrogen and oxygen atoms in total. The lowest BCUT2D eigenvalue weighted by Gasteiger charge is -2.03. The van der Waals surface area contributed by atoms with Crippen LogP contribution in [0.25, 0.3) is 16.9 Å². The molecule has 19 heavy (non-hydrogen) atoms. The molecule has 0 amide bonds. The largest absolute Gasteiger partial charge is 0.454 e. The highest BCUT2D eigenvalue weighted by atomic mass is 16.7. The van der Waals surface area contributed by atoms with Crippen molar-refractivity contribution in [2.24, 2.45) is 0 Å². The molecule has 0 atom stereocenters. The number of rotatable bonds is 1. The van der Waals surface area contributed by atoms with Crippen LogP contribution in [-0.2, 0) is 0 Å². The Balaban J connectivity index is 1.85. The van der Waals surface area contributed by atoms with Crippen molar-refractivity contribution in [3.63, 3.8) is 0 Å². The first-order valence-electron chi connectivity index (χ1n) is 6.03. The molecule has 94 valence electrons. The molecule has 0 radical (unpaired) electrons.